The highest BCUT2D eigenvalue weighted by atomic mass is 32.1. The van der Waals surface area contributed by atoms with Crippen molar-refractivity contribution >= 4 is 38.8 Å². The first kappa shape index (κ1) is 18.2. The molecule has 0 spiro atoms. The molecule has 0 saturated heterocycles. The number of rotatable bonds is 4. The molecule has 3 aromatic rings. The minimum atomic E-state index is -1.85. The lowest BCUT2D eigenvalue weighted by molar-refractivity contribution is 0.520. The molecule has 3 rings (SSSR count). The van der Waals surface area contributed by atoms with Crippen LogP contribution in [0.2, 0.25) is 0 Å². The van der Waals surface area contributed by atoms with Crippen molar-refractivity contribution in [1.82, 2.24) is 0 Å². The van der Waals surface area contributed by atoms with E-state index >= 15 is 0 Å². The highest BCUT2D eigenvalue weighted by molar-refractivity contribution is 7.20. The van der Waals surface area contributed by atoms with E-state index < -0.39 is 23.3 Å². The van der Waals surface area contributed by atoms with Crippen molar-refractivity contribution in [2.45, 2.75) is 0 Å². The number of thiophene rings is 1. The maximum atomic E-state index is 14.3. The van der Waals surface area contributed by atoms with E-state index in [1.165, 1.54) is 18.2 Å². The summed E-state index contributed by atoms with van der Waals surface area (Å²) in [5.74, 6) is -6.55. The number of hydrogen-bond acceptors (Lipinski definition) is 2. The van der Waals surface area contributed by atoms with Crippen molar-refractivity contribution in [3.63, 3.8) is 0 Å². The van der Waals surface area contributed by atoms with Gasteiger partial charge >= 0.3 is 0 Å². The topological polar surface area (TPSA) is 3.24 Å². The van der Waals surface area contributed by atoms with Crippen molar-refractivity contribution < 1.29 is 17.6 Å². The number of fused-ring (bicyclic) bond motifs is 1. The summed E-state index contributed by atoms with van der Waals surface area (Å²) >= 11 is 0.974. The molecule has 0 aliphatic carbocycles. The van der Waals surface area contributed by atoms with Gasteiger partial charge in [0, 0.05) is 30.0 Å². The summed E-state index contributed by atoms with van der Waals surface area (Å²) in [5, 5.41) is 0.708. The SMILES string of the molecule is CN(C)c1ccc(/C(F)=C(F)/C(F)=C(\F)c2cc3ccccc3s2)cc1. The van der Waals surface area contributed by atoms with Crippen LogP contribution in [0.3, 0.4) is 0 Å². The summed E-state index contributed by atoms with van der Waals surface area (Å²) < 4.78 is 57.6. The summed E-state index contributed by atoms with van der Waals surface area (Å²) in [4.78, 5) is 1.69. The van der Waals surface area contributed by atoms with Crippen LogP contribution in [0.25, 0.3) is 21.7 Å². The highest BCUT2D eigenvalue weighted by Crippen LogP contribution is 2.37. The molecule has 0 amide bonds. The second kappa shape index (κ2) is 7.33. The summed E-state index contributed by atoms with van der Waals surface area (Å²) in [5.41, 5.74) is 0.613. The Morgan fingerprint density at radius 3 is 2.04 bits per heavy atom. The van der Waals surface area contributed by atoms with E-state index in [4.69, 9.17) is 0 Å². The van der Waals surface area contributed by atoms with Gasteiger partial charge in [-0.15, -0.1) is 11.3 Å². The Bertz CT molecular complexity index is 967. The summed E-state index contributed by atoms with van der Waals surface area (Å²) in [6.45, 7) is 0. The third-order valence-electron chi connectivity index (χ3n) is 3.86. The molecule has 0 atom stereocenters. The van der Waals surface area contributed by atoms with Gasteiger partial charge < -0.3 is 4.90 Å². The van der Waals surface area contributed by atoms with Crippen molar-refractivity contribution in [3.8, 4) is 0 Å². The lowest BCUT2D eigenvalue weighted by atomic mass is 10.1. The molecule has 1 aromatic heterocycles. The van der Waals surface area contributed by atoms with E-state index in [1.54, 1.807) is 55.4 Å². The molecular weight excluding hydrogens is 362 g/mol. The zero-order valence-electron chi connectivity index (χ0n) is 14.1. The highest BCUT2D eigenvalue weighted by Gasteiger charge is 2.21. The molecule has 26 heavy (non-hydrogen) atoms. The summed E-state index contributed by atoms with van der Waals surface area (Å²) in [6, 6.07) is 14.2. The predicted molar refractivity (Wildman–Crippen MR) is 101 cm³/mol. The molecule has 1 heterocycles. The average molecular weight is 377 g/mol. The fourth-order valence-electron chi connectivity index (χ4n) is 2.42. The number of nitrogens with zero attached hydrogens (tertiary/aromatic N) is 1. The fraction of sp³-hybridized carbons (Fsp3) is 0.100. The molecule has 2 aromatic carbocycles. The molecule has 6 heteroatoms. The van der Waals surface area contributed by atoms with E-state index in [1.807, 2.05) is 0 Å². The maximum Gasteiger partial charge on any atom is 0.198 e. The van der Waals surface area contributed by atoms with Gasteiger partial charge in [0.05, 0.1) is 4.88 Å². The Morgan fingerprint density at radius 1 is 0.808 bits per heavy atom. The quantitative estimate of drug-likeness (QED) is 0.354. The Balaban J connectivity index is 1.98. The van der Waals surface area contributed by atoms with Crippen LogP contribution in [-0.2, 0) is 0 Å². The molecule has 134 valence electrons. The van der Waals surface area contributed by atoms with Gasteiger partial charge in [-0.05, 0) is 41.8 Å². The average Bonchev–Trinajstić information content (AvgIpc) is 3.09. The smallest absolute Gasteiger partial charge is 0.198 e. The Morgan fingerprint density at radius 2 is 1.42 bits per heavy atom. The van der Waals surface area contributed by atoms with E-state index in [0.29, 0.717) is 5.39 Å². The maximum absolute atomic E-state index is 14.3. The van der Waals surface area contributed by atoms with Crippen molar-refractivity contribution in [1.29, 1.82) is 0 Å². The molecule has 0 aliphatic rings. The van der Waals surface area contributed by atoms with Crippen LogP contribution in [0.1, 0.15) is 10.4 Å². The molecule has 0 bridgehead atoms. The van der Waals surface area contributed by atoms with Crippen molar-refractivity contribution in [2.75, 3.05) is 19.0 Å². The normalized spacial score (nSPS) is 13.5. The second-order valence-corrected chi connectivity index (χ2v) is 6.93. The Hall–Kier alpha value is -2.60. The zero-order chi connectivity index (χ0) is 18.8. The number of allylic oxidation sites excluding steroid dienone is 2. The Kier molecular flexibility index (Phi) is 5.13. The van der Waals surface area contributed by atoms with Gasteiger partial charge in [-0.3, -0.25) is 0 Å². The lowest BCUT2D eigenvalue weighted by Crippen LogP contribution is -2.08. The van der Waals surface area contributed by atoms with E-state index in [0.717, 1.165) is 21.7 Å². The largest absolute Gasteiger partial charge is 0.378 e. The standard InChI is InChI=1S/C20H15F4NS/c1-25(2)14-9-7-12(8-10-14)17(21)19(23)20(24)18(22)16-11-13-5-3-4-6-15(13)26-16/h3-11H,1-2H3/b19-17+,20-18+. The number of benzene rings is 2. The van der Waals surface area contributed by atoms with Gasteiger partial charge in [0.2, 0.25) is 0 Å². The van der Waals surface area contributed by atoms with Crippen molar-refractivity contribution in [3.05, 3.63) is 76.7 Å². The third kappa shape index (κ3) is 3.51. The van der Waals surface area contributed by atoms with Gasteiger partial charge in [-0.2, -0.15) is 0 Å². The molecule has 0 saturated carbocycles. The first-order valence-corrected chi connectivity index (χ1v) is 8.57. The number of hydrogen-bond donors (Lipinski definition) is 0. The van der Waals surface area contributed by atoms with E-state index in [-0.39, 0.29) is 10.4 Å². The van der Waals surface area contributed by atoms with Crippen LogP contribution in [0.5, 0.6) is 0 Å². The minimum Gasteiger partial charge on any atom is -0.378 e. The van der Waals surface area contributed by atoms with Gasteiger partial charge in [-0.1, -0.05) is 18.2 Å². The van der Waals surface area contributed by atoms with Gasteiger partial charge in [0.15, 0.2) is 23.3 Å². The van der Waals surface area contributed by atoms with Crippen molar-refractivity contribution in [2.24, 2.45) is 0 Å². The second-order valence-electron chi connectivity index (χ2n) is 5.85. The monoisotopic (exact) mass is 377 g/mol. The van der Waals surface area contributed by atoms with Crippen LogP contribution in [-0.4, -0.2) is 14.1 Å². The fourth-order valence-corrected chi connectivity index (χ4v) is 3.42. The molecule has 1 nitrogen and oxygen atoms in total. The first-order valence-electron chi connectivity index (χ1n) is 7.76. The summed E-state index contributed by atoms with van der Waals surface area (Å²) in [6.07, 6.45) is 0. The van der Waals surface area contributed by atoms with Gasteiger partial charge in [-0.25, -0.2) is 17.6 Å². The number of anilines is 1. The molecule has 0 aliphatic heterocycles. The molecular formula is C20H15F4NS. The van der Waals surface area contributed by atoms with E-state index in [2.05, 4.69) is 0 Å². The molecule has 0 fully saturated rings. The van der Waals surface area contributed by atoms with Crippen LogP contribution in [0.15, 0.2) is 66.3 Å². The van der Waals surface area contributed by atoms with Crippen LogP contribution in [0.4, 0.5) is 23.2 Å². The van der Waals surface area contributed by atoms with Gasteiger partial charge in [0.25, 0.3) is 0 Å². The molecule has 0 N–H and O–H groups in total. The zero-order valence-corrected chi connectivity index (χ0v) is 14.9. The van der Waals surface area contributed by atoms with Gasteiger partial charge in [0.1, 0.15) is 0 Å². The van der Waals surface area contributed by atoms with E-state index in [9.17, 15) is 17.6 Å². The minimum absolute atomic E-state index is 0.0883. The van der Waals surface area contributed by atoms with Crippen LogP contribution in [0, 0.1) is 0 Å². The van der Waals surface area contributed by atoms with Crippen LogP contribution >= 0.6 is 11.3 Å². The molecule has 0 unspecified atom stereocenters. The summed E-state index contributed by atoms with van der Waals surface area (Å²) in [7, 11) is 3.59. The molecule has 0 radical (unpaired) electrons. The lowest BCUT2D eigenvalue weighted by Gasteiger charge is -2.12. The predicted octanol–water partition coefficient (Wildman–Crippen LogP) is 6.88. The third-order valence-corrected chi connectivity index (χ3v) is 4.97. The first-order chi connectivity index (χ1) is 12.4. The number of halogens is 4. The Labute approximate surface area is 152 Å². The van der Waals surface area contributed by atoms with Crippen LogP contribution < -0.4 is 4.90 Å².